The Morgan fingerprint density at radius 3 is 1.90 bits per heavy atom. The molecule has 0 amide bonds. The van der Waals surface area contributed by atoms with Gasteiger partial charge < -0.3 is 6.92 Å². The summed E-state index contributed by atoms with van der Waals surface area (Å²) in [7, 11) is 0. The van der Waals surface area contributed by atoms with Crippen LogP contribution in [0.2, 0.25) is 0 Å². The smallest absolute Gasteiger partial charge is 0 e. The van der Waals surface area contributed by atoms with Gasteiger partial charge in [-0.25, -0.2) is 0 Å². The molecule has 0 rings (SSSR count). The predicted molar refractivity (Wildman–Crippen MR) is 43.4 cm³/mol. The Labute approximate surface area is 91.0 Å². The first-order valence-electron chi connectivity index (χ1n) is 4.21. The van der Waals surface area contributed by atoms with E-state index >= 15 is 0 Å². The second-order valence-corrected chi connectivity index (χ2v) is 2.62. The van der Waals surface area contributed by atoms with E-state index in [9.17, 15) is 0 Å². The van der Waals surface area contributed by atoms with E-state index in [0.717, 1.165) is 6.42 Å². The monoisotopic (exact) mass is 216 g/mol. The molecule has 1 heteroatoms. The van der Waals surface area contributed by atoms with Crippen LogP contribution in [-0.4, -0.2) is 0 Å². The molecule has 10 heavy (non-hydrogen) atoms. The molecule has 0 aromatic carbocycles. The van der Waals surface area contributed by atoms with E-state index in [-0.39, 0.29) is 32.7 Å². The SMILES string of the molecule is [CH2-]CCCCCCCC.[Y]. The summed E-state index contributed by atoms with van der Waals surface area (Å²) >= 11 is 0. The van der Waals surface area contributed by atoms with Crippen molar-refractivity contribution in [3.8, 4) is 0 Å². The van der Waals surface area contributed by atoms with Gasteiger partial charge in [-0.05, 0) is 0 Å². The fourth-order valence-corrected chi connectivity index (χ4v) is 0.957. The molecular formula is C9H19Y-. The fourth-order valence-electron chi connectivity index (χ4n) is 0.957. The van der Waals surface area contributed by atoms with Crippen LogP contribution in [0.1, 0.15) is 51.9 Å². The molecule has 0 aromatic heterocycles. The third kappa shape index (κ3) is 11.8. The first-order valence-corrected chi connectivity index (χ1v) is 4.21. The summed E-state index contributed by atoms with van der Waals surface area (Å²) in [5.41, 5.74) is 0. The van der Waals surface area contributed by atoms with Crippen molar-refractivity contribution in [3.05, 3.63) is 6.92 Å². The molecule has 0 saturated heterocycles. The number of rotatable bonds is 6. The first-order chi connectivity index (χ1) is 4.41. The van der Waals surface area contributed by atoms with Crippen LogP contribution in [0, 0.1) is 6.92 Å². The number of hydrogen-bond acceptors (Lipinski definition) is 0. The third-order valence-corrected chi connectivity index (χ3v) is 1.60. The quantitative estimate of drug-likeness (QED) is 0.470. The van der Waals surface area contributed by atoms with Gasteiger partial charge in [0, 0.05) is 32.7 Å². The molecule has 0 spiro atoms. The zero-order valence-electron chi connectivity index (χ0n) is 7.23. The van der Waals surface area contributed by atoms with Crippen LogP contribution in [0.15, 0.2) is 0 Å². The van der Waals surface area contributed by atoms with Crippen molar-refractivity contribution < 1.29 is 32.7 Å². The molecule has 0 aromatic rings. The Morgan fingerprint density at radius 1 is 0.900 bits per heavy atom. The van der Waals surface area contributed by atoms with E-state index in [1.54, 1.807) is 0 Å². The molecule has 0 fully saturated rings. The minimum Gasteiger partial charge on any atom is -0.343 e. The number of hydrogen-bond donors (Lipinski definition) is 0. The molecule has 59 valence electrons. The molecule has 0 aliphatic carbocycles. The Hall–Kier alpha value is 1.10. The first kappa shape index (κ1) is 13.7. The minimum absolute atomic E-state index is 0. The van der Waals surface area contributed by atoms with Crippen LogP contribution in [0.25, 0.3) is 0 Å². The summed E-state index contributed by atoms with van der Waals surface area (Å²) in [6.45, 7) is 6.05. The van der Waals surface area contributed by atoms with Gasteiger partial charge in [-0.15, -0.1) is 0 Å². The van der Waals surface area contributed by atoms with Crippen LogP contribution >= 0.6 is 0 Å². The molecule has 0 unspecified atom stereocenters. The van der Waals surface area contributed by atoms with Crippen molar-refractivity contribution in [2.24, 2.45) is 0 Å². The molecule has 0 aliphatic heterocycles. The summed E-state index contributed by atoms with van der Waals surface area (Å²) in [6.07, 6.45) is 9.45. The van der Waals surface area contributed by atoms with Gasteiger partial charge in [0.1, 0.15) is 0 Å². The van der Waals surface area contributed by atoms with E-state index < -0.39 is 0 Å². The zero-order valence-corrected chi connectivity index (χ0v) is 10.1. The van der Waals surface area contributed by atoms with Gasteiger partial charge in [0.2, 0.25) is 0 Å². The Morgan fingerprint density at radius 2 is 1.40 bits per heavy atom. The molecule has 0 atom stereocenters. The predicted octanol–water partition coefficient (Wildman–Crippen LogP) is 3.57. The standard InChI is InChI=1S/C9H19.Y/c1-3-5-7-9-8-6-4-2;/h1,3-9H2,2H3;/q-1;. The van der Waals surface area contributed by atoms with Crippen molar-refractivity contribution in [2.75, 3.05) is 0 Å². The molecule has 0 aliphatic rings. The van der Waals surface area contributed by atoms with Crippen LogP contribution < -0.4 is 0 Å². The molecule has 0 saturated carbocycles. The van der Waals surface area contributed by atoms with E-state index in [2.05, 4.69) is 13.8 Å². The van der Waals surface area contributed by atoms with Gasteiger partial charge in [0.25, 0.3) is 0 Å². The molecule has 0 nitrogen and oxygen atoms in total. The molecule has 0 heterocycles. The van der Waals surface area contributed by atoms with E-state index in [1.165, 1.54) is 38.5 Å². The van der Waals surface area contributed by atoms with Crippen LogP contribution in [0.3, 0.4) is 0 Å². The molecule has 0 bridgehead atoms. The maximum absolute atomic E-state index is 3.80. The second kappa shape index (κ2) is 12.8. The zero-order chi connectivity index (χ0) is 6.95. The molecular weight excluding hydrogens is 197 g/mol. The largest absolute Gasteiger partial charge is 0.343 e. The van der Waals surface area contributed by atoms with Gasteiger partial charge in [-0.3, -0.25) is 0 Å². The topological polar surface area (TPSA) is 0 Å². The average Bonchev–Trinajstić information content (AvgIpc) is 1.89. The van der Waals surface area contributed by atoms with Crippen LogP contribution in [0.4, 0.5) is 0 Å². The molecule has 0 N–H and O–H groups in total. The average molecular weight is 216 g/mol. The summed E-state index contributed by atoms with van der Waals surface area (Å²) in [5, 5.41) is 0. The van der Waals surface area contributed by atoms with Crippen LogP contribution in [0.5, 0.6) is 0 Å². The van der Waals surface area contributed by atoms with Gasteiger partial charge in [-0.1, -0.05) is 45.4 Å². The van der Waals surface area contributed by atoms with Crippen molar-refractivity contribution >= 4 is 0 Å². The van der Waals surface area contributed by atoms with E-state index in [1.807, 2.05) is 0 Å². The van der Waals surface area contributed by atoms with Crippen LogP contribution in [-0.2, 0) is 32.7 Å². The van der Waals surface area contributed by atoms with Crippen molar-refractivity contribution in [2.45, 2.75) is 51.9 Å². The summed E-state index contributed by atoms with van der Waals surface area (Å²) in [5.74, 6) is 0. The Kier molecular flexibility index (Phi) is 17.4. The van der Waals surface area contributed by atoms with Gasteiger partial charge in [0.15, 0.2) is 0 Å². The maximum Gasteiger partial charge on any atom is 0 e. The van der Waals surface area contributed by atoms with Crippen molar-refractivity contribution in [1.82, 2.24) is 0 Å². The second-order valence-electron chi connectivity index (χ2n) is 2.62. The summed E-state index contributed by atoms with van der Waals surface area (Å²) in [4.78, 5) is 0. The normalized spacial score (nSPS) is 9.00. The van der Waals surface area contributed by atoms with Crippen molar-refractivity contribution in [1.29, 1.82) is 0 Å². The number of unbranched alkanes of at least 4 members (excludes halogenated alkanes) is 6. The fraction of sp³-hybridized carbons (Fsp3) is 0.889. The van der Waals surface area contributed by atoms with Crippen molar-refractivity contribution in [3.63, 3.8) is 0 Å². The Balaban J connectivity index is 0. The van der Waals surface area contributed by atoms with Gasteiger partial charge in [0.05, 0.1) is 0 Å². The maximum atomic E-state index is 3.80. The summed E-state index contributed by atoms with van der Waals surface area (Å²) < 4.78 is 0. The summed E-state index contributed by atoms with van der Waals surface area (Å²) in [6, 6.07) is 0. The van der Waals surface area contributed by atoms with Gasteiger partial charge in [-0.2, -0.15) is 6.42 Å². The van der Waals surface area contributed by atoms with E-state index in [4.69, 9.17) is 0 Å². The third-order valence-electron chi connectivity index (χ3n) is 1.60. The van der Waals surface area contributed by atoms with E-state index in [0.29, 0.717) is 0 Å². The molecule has 1 radical (unpaired) electrons. The Bertz CT molecular complexity index is 38.0. The van der Waals surface area contributed by atoms with Gasteiger partial charge >= 0.3 is 0 Å². The minimum atomic E-state index is 0.